The summed E-state index contributed by atoms with van der Waals surface area (Å²) in [7, 11) is 0. The Labute approximate surface area is 80.1 Å². The third kappa shape index (κ3) is 2.99. The maximum absolute atomic E-state index is 12.8. The van der Waals surface area contributed by atoms with Gasteiger partial charge in [0, 0.05) is 6.08 Å². The summed E-state index contributed by atoms with van der Waals surface area (Å²) in [5, 5.41) is 17.1. The van der Waals surface area contributed by atoms with E-state index in [0.717, 1.165) is 6.08 Å². The second-order valence-corrected chi connectivity index (χ2v) is 2.72. The van der Waals surface area contributed by atoms with Gasteiger partial charge in [-0.25, -0.2) is 9.18 Å². The van der Waals surface area contributed by atoms with E-state index in [1.165, 1.54) is 24.3 Å². The van der Waals surface area contributed by atoms with Crippen LogP contribution in [0.1, 0.15) is 11.1 Å². The first-order valence-corrected chi connectivity index (χ1v) is 3.93. The molecule has 74 valence electrons. The minimum atomic E-state index is -1.10. The molecule has 0 amide bonds. The Bertz CT molecular complexity index is 372. The lowest BCUT2D eigenvalue weighted by Gasteiger charge is -1.99. The molecule has 2 N–H and O–H groups in total. The van der Waals surface area contributed by atoms with Crippen LogP contribution < -0.4 is 0 Å². The highest BCUT2D eigenvalue weighted by molar-refractivity contribution is 5.85. The fraction of sp³-hybridized carbons (Fsp3) is 0.100. The second kappa shape index (κ2) is 4.53. The third-order valence-corrected chi connectivity index (χ3v) is 1.58. The standard InChI is InChI=1S/C10H9FO3/c11-9-4-7(1-2-10(13)14)3-8(5-9)6-12/h1-5,12H,6H2,(H,13,14)/b2-1+. The van der Waals surface area contributed by atoms with Gasteiger partial charge in [0.1, 0.15) is 5.82 Å². The lowest BCUT2D eigenvalue weighted by Crippen LogP contribution is -1.89. The molecule has 0 aliphatic heterocycles. The first-order chi connectivity index (χ1) is 6.61. The van der Waals surface area contributed by atoms with Crippen LogP contribution in [0.4, 0.5) is 4.39 Å². The molecule has 0 radical (unpaired) electrons. The van der Waals surface area contributed by atoms with E-state index < -0.39 is 11.8 Å². The molecule has 4 heteroatoms. The van der Waals surface area contributed by atoms with Gasteiger partial charge in [-0.2, -0.15) is 0 Å². The Morgan fingerprint density at radius 2 is 2.14 bits per heavy atom. The fourth-order valence-electron chi connectivity index (χ4n) is 1.03. The predicted molar refractivity (Wildman–Crippen MR) is 49.0 cm³/mol. The number of carboxylic acids is 1. The number of halogens is 1. The lowest BCUT2D eigenvalue weighted by atomic mass is 10.1. The molecule has 0 aromatic heterocycles. The molecule has 0 heterocycles. The van der Waals surface area contributed by atoms with Crippen molar-refractivity contribution in [3.8, 4) is 0 Å². The maximum atomic E-state index is 12.8. The van der Waals surface area contributed by atoms with Crippen molar-refractivity contribution in [2.45, 2.75) is 6.61 Å². The first-order valence-electron chi connectivity index (χ1n) is 3.93. The summed E-state index contributed by atoms with van der Waals surface area (Å²) in [6.07, 6.45) is 2.18. The number of carbonyl (C=O) groups is 1. The zero-order valence-corrected chi connectivity index (χ0v) is 7.27. The van der Waals surface area contributed by atoms with Gasteiger partial charge in [-0.05, 0) is 35.4 Å². The topological polar surface area (TPSA) is 57.5 Å². The van der Waals surface area contributed by atoms with Crippen molar-refractivity contribution in [2.75, 3.05) is 0 Å². The SMILES string of the molecule is O=C(O)/C=C/c1cc(F)cc(CO)c1. The van der Waals surface area contributed by atoms with Gasteiger partial charge in [0.05, 0.1) is 6.61 Å². The number of aliphatic hydroxyl groups is 1. The normalized spacial score (nSPS) is 10.7. The lowest BCUT2D eigenvalue weighted by molar-refractivity contribution is -0.131. The molecule has 0 saturated heterocycles. The van der Waals surface area contributed by atoms with Crippen LogP contribution in [-0.4, -0.2) is 16.2 Å². The van der Waals surface area contributed by atoms with Crippen LogP contribution in [0.5, 0.6) is 0 Å². The molecule has 0 aliphatic rings. The van der Waals surface area contributed by atoms with Crippen LogP contribution in [0.15, 0.2) is 24.3 Å². The Balaban J connectivity index is 2.97. The number of aliphatic hydroxyl groups excluding tert-OH is 1. The zero-order valence-electron chi connectivity index (χ0n) is 7.27. The molecule has 1 aromatic rings. The molecule has 0 spiro atoms. The molecule has 0 fully saturated rings. The number of rotatable bonds is 3. The van der Waals surface area contributed by atoms with Gasteiger partial charge in [0.2, 0.25) is 0 Å². The van der Waals surface area contributed by atoms with Crippen molar-refractivity contribution in [1.29, 1.82) is 0 Å². The number of hydrogen-bond acceptors (Lipinski definition) is 2. The van der Waals surface area contributed by atoms with Crippen LogP contribution in [0.25, 0.3) is 6.08 Å². The summed E-state index contributed by atoms with van der Waals surface area (Å²) in [5.74, 6) is -1.60. The maximum Gasteiger partial charge on any atom is 0.328 e. The van der Waals surface area contributed by atoms with Gasteiger partial charge in [0.15, 0.2) is 0 Å². The molecular formula is C10H9FO3. The molecule has 0 unspecified atom stereocenters. The minimum absolute atomic E-state index is 0.272. The van der Waals surface area contributed by atoms with E-state index in [1.54, 1.807) is 0 Å². The molecule has 3 nitrogen and oxygen atoms in total. The summed E-state index contributed by atoms with van der Waals surface area (Å²) in [5.41, 5.74) is 0.825. The van der Waals surface area contributed by atoms with Crippen LogP contribution in [0.2, 0.25) is 0 Å². The number of carboxylic acid groups (broad SMARTS) is 1. The average molecular weight is 196 g/mol. The zero-order chi connectivity index (χ0) is 10.6. The predicted octanol–water partition coefficient (Wildman–Crippen LogP) is 1.42. The highest BCUT2D eigenvalue weighted by Gasteiger charge is 1.98. The van der Waals surface area contributed by atoms with Crippen molar-refractivity contribution in [2.24, 2.45) is 0 Å². The van der Waals surface area contributed by atoms with Crippen molar-refractivity contribution < 1.29 is 19.4 Å². The Morgan fingerprint density at radius 1 is 1.43 bits per heavy atom. The number of benzene rings is 1. The molecule has 1 aromatic carbocycles. The molecule has 0 bridgehead atoms. The van der Waals surface area contributed by atoms with Gasteiger partial charge in [-0.3, -0.25) is 0 Å². The Morgan fingerprint density at radius 3 is 2.71 bits per heavy atom. The van der Waals surface area contributed by atoms with Crippen LogP contribution >= 0.6 is 0 Å². The minimum Gasteiger partial charge on any atom is -0.478 e. The summed E-state index contributed by atoms with van der Waals surface area (Å²) >= 11 is 0. The van der Waals surface area contributed by atoms with E-state index >= 15 is 0 Å². The molecule has 0 aliphatic carbocycles. The summed E-state index contributed by atoms with van der Waals surface area (Å²) < 4.78 is 12.8. The Hall–Kier alpha value is -1.68. The quantitative estimate of drug-likeness (QED) is 0.719. The fourth-order valence-corrected chi connectivity index (χ4v) is 1.03. The van der Waals surface area contributed by atoms with E-state index in [1.807, 2.05) is 0 Å². The largest absolute Gasteiger partial charge is 0.478 e. The van der Waals surface area contributed by atoms with Crippen LogP contribution in [-0.2, 0) is 11.4 Å². The second-order valence-electron chi connectivity index (χ2n) is 2.72. The highest BCUT2D eigenvalue weighted by atomic mass is 19.1. The summed E-state index contributed by atoms with van der Waals surface area (Å²) in [6.45, 7) is -0.272. The summed E-state index contributed by atoms with van der Waals surface area (Å²) in [4.78, 5) is 10.2. The van der Waals surface area contributed by atoms with Crippen molar-refractivity contribution in [1.82, 2.24) is 0 Å². The first kappa shape index (κ1) is 10.4. The van der Waals surface area contributed by atoms with Gasteiger partial charge in [-0.15, -0.1) is 0 Å². The van der Waals surface area contributed by atoms with Gasteiger partial charge >= 0.3 is 5.97 Å². The van der Waals surface area contributed by atoms with E-state index in [-0.39, 0.29) is 6.61 Å². The van der Waals surface area contributed by atoms with E-state index in [2.05, 4.69) is 0 Å². The van der Waals surface area contributed by atoms with Gasteiger partial charge in [-0.1, -0.05) is 0 Å². The Kier molecular flexibility index (Phi) is 3.36. The van der Waals surface area contributed by atoms with Gasteiger partial charge in [0.25, 0.3) is 0 Å². The van der Waals surface area contributed by atoms with E-state index in [9.17, 15) is 9.18 Å². The number of hydrogen-bond donors (Lipinski definition) is 2. The molecule has 0 saturated carbocycles. The average Bonchev–Trinajstić information content (AvgIpc) is 2.14. The van der Waals surface area contributed by atoms with Crippen LogP contribution in [0, 0.1) is 5.82 Å². The van der Waals surface area contributed by atoms with Crippen molar-refractivity contribution in [3.63, 3.8) is 0 Å². The monoisotopic (exact) mass is 196 g/mol. The molecule has 1 rings (SSSR count). The van der Waals surface area contributed by atoms with Gasteiger partial charge < -0.3 is 10.2 Å². The highest BCUT2D eigenvalue weighted by Crippen LogP contribution is 2.10. The third-order valence-electron chi connectivity index (χ3n) is 1.58. The smallest absolute Gasteiger partial charge is 0.328 e. The summed E-state index contributed by atoms with van der Waals surface area (Å²) in [6, 6.07) is 3.90. The molecular weight excluding hydrogens is 187 g/mol. The number of aliphatic carboxylic acids is 1. The van der Waals surface area contributed by atoms with Crippen molar-refractivity contribution >= 4 is 12.0 Å². The van der Waals surface area contributed by atoms with E-state index in [4.69, 9.17) is 10.2 Å². The molecule has 14 heavy (non-hydrogen) atoms. The molecule has 0 atom stereocenters. The van der Waals surface area contributed by atoms with E-state index in [0.29, 0.717) is 11.1 Å². The van der Waals surface area contributed by atoms with Crippen LogP contribution in [0.3, 0.4) is 0 Å². The van der Waals surface area contributed by atoms with Crippen molar-refractivity contribution in [3.05, 3.63) is 41.2 Å².